The summed E-state index contributed by atoms with van der Waals surface area (Å²) in [6.07, 6.45) is 1.75. The molecular weight excluding hydrogens is 156 g/mol. The fourth-order valence-corrected chi connectivity index (χ4v) is 0. The van der Waals surface area contributed by atoms with Gasteiger partial charge >= 0.3 is 0 Å². The van der Waals surface area contributed by atoms with Crippen LogP contribution in [0.4, 0.5) is 0 Å². The predicted molar refractivity (Wildman–Crippen MR) is 70.4 cm³/mol. The molecule has 0 aliphatic rings. The smallest absolute Gasteiger partial charge is 0.0445 e. The van der Waals surface area contributed by atoms with E-state index < -0.39 is 0 Å². The summed E-state index contributed by atoms with van der Waals surface area (Å²) < 4.78 is 0. The molecule has 0 N–H and O–H groups in total. The molecular formula is C13H32. The second kappa shape index (κ2) is 104. The van der Waals surface area contributed by atoms with Crippen molar-refractivity contribution in [1.29, 1.82) is 0 Å². The van der Waals surface area contributed by atoms with Gasteiger partial charge in [-0.2, -0.15) is 0 Å². The first-order valence-corrected chi connectivity index (χ1v) is 5.34. The van der Waals surface area contributed by atoms with E-state index in [0.29, 0.717) is 0 Å². The lowest BCUT2D eigenvalue weighted by Gasteiger charge is -1.65. The third-order valence-corrected chi connectivity index (χ3v) is 0. The largest absolute Gasteiger partial charge is 0.103 e. The van der Waals surface area contributed by atoms with Gasteiger partial charge in [0.05, 0.1) is 0 Å². The van der Waals surface area contributed by atoms with E-state index in [-0.39, 0.29) is 0 Å². The first kappa shape index (κ1) is 29.4. The van der Waals surface area contributed by atoms with Gasteiger partial charge in [-0.05, 0) is 20.8 Å². The third kappa shape index (κ3) is 3820. The van der Waals surface area contributed by atoms with E-state index in [9.17, 15) is 0 Å². The van der Waals surface area contributed by atoms with Crippen LogP contribution in [0.2, 0.25) is 0 Å². The minimum absolute atomic E-state index is 1.17. The summed E-state index contributed by atoms with van der Waals surface area (Å²) in [4.78, 5) is 0. The van der Waals surface area contributed by atoms with E-state index in [2.05, 4.69) is 13.2 Å². The van der Waals surface area contributed by atoms with Crippen molar-refractivity contribution >= 4 is 0 Å². The molecule has 0 bridgehead atoms. The SMILES string of the molecule is C=C(C)C.C=CC.CC.CC.CC. The van der Waals surface area contributed by atoms with Gasteiger partial charge in [-0.3, -0.25) is 0 Å². The molecule has 0 aliphatic heterocycles. The Labute approximate surface area is 87.8 Å². The Balaban J connectivity index is -0.0000000215. The Morgan fingerprint density at radius 3 is 0.846 bits per heavy atom. The second-order valence-electron chi connectivity index (χ2n) is 1.62. The lowest BCUT2D eigenvalue weighted by atomic mass is 10.4. The van der Waals surface area contributed by atoms with Crippen LogP contribution in [0.1, 0.15) is 62.3 Å². The monoisotopic (exact) mass is 188 g/mol. The van der Waals surface area contributed by atoms with Crippen molar-refractivity contribution in [3.63, 3.8) is 0 Å². The number of hydrogen-bond acceptors (Lipinski definition) is 0. The molecule has 0 fully saturated rings. The van der Waals surface area contributed by atoms with E-state index >= 15 is 0 Å². The molecule has 84 valence electrons. The fraction of sp³-hybridized carbons (Fsp3) is 0.692. The van der Waals surface area contributed by atoms with Crippen LogP contribution in [0.15, 0.2) is 24.8 Å². The topological polar surface area (TPSA) is 0 Å². The van der Waals surface area contributed by atoms with Gasteiger partial charge in [0.2, 0.25) is 0 Å². The molecule has 0 heteroatoms. The number of hydrogen-bond donors (Lipinski definition) is 0. The summed E-state index contributed by atoms with van der Waals surface area (Å²) >= 11 is 0. The summed E-state index contributed by atoms with van der Waals surface area (Å²) in [6, 6.07) is 0. The first-order valence-electron chi connectivity index (χ1n) is 5.34. The van der Waals surface area contributed by atoms with E-state index in [4.69, 9.17) is 0 Å². The first-order chi connectivity index (χ1) is 6.15. The summed E-state index contributed by atoms with van der Waals surface area (Å²) in [6.45, 7) is 24.8. The molecule has 0 radical (unpaired) electrons. The van der Waals surface area contributed by atoms with Crippen molar-refractivity contribution in [3.05, 3.63) is 24.8 Å². The van der Waals surface area contributed by atoms with Crippen molar-refractivity contribution in [2.45, 2.75) is 62.3 Å². The summed E-state index contributed by atoms with van der Waals surface area (Å²) in [7, 11) is 0. The molecule has 0 saturated heterocycles. The molecule has 0 aromatic heterocycles. The number of rotatable bonds is 0. The molecule has 0 aromatic rings. The Morgan fingerprint density at radius 1 is 0.846 bits per heavy atom. The van der Waals surface area contributed by atoms with Crippen LogP contribution in [0.5, 0.6) is 0 Å². The van der Waals surface area contributed by atoms with E-state index in [1.54, 1.807) is 6.08 Å². The zero-order chi connectivity index (χ0) is 12.3. The van der Waals surface area contributed by atoms with Gasteiger partial charge in [0.1, 0.15) is 0 Å². The van der Waals surface area contributed by atoms with Gasteiger partial charge in [-0.15, -0.1) is 13.2 Å². The highest BCUT2D eigenvalue weighted by Crippen LogP contribution is 1.73. The van der Waals surface area contributed by atoms with Gasteiger partial charge in [0.15, 0.2) is 0 Å². The minimum atomic E-state index is 1.17. The Morgan fingerprint density at radius 2 is 0.846 bits per heavy atom. The molecule has 0 atom stereocenters. The molecule has 0 unspecified atom stereocenters. The highest BCUT2D eigenvalue weighted by Gasteiger charge is 1.51. The number of allylic oxidation sites excluding steroid dienone is 2. The average molecular weight is 188 g/mol. The highest BCUT2D eigenvalue weighted by atomic mass is 13.6. The van der Waals surface area contributed by atoms with Crippen molar-refractivity contribution < 1.29 is 0 Å². The van der Waals surface area contributed by atoms with Gasteiger partial charge in [0, 0.05) is 0 Å². The zero-order valence-corrected chi connectivity index (χ0v) is 11.5. The van der Waals surface area contributed by atoms with Crippen molar-refractivity contribution in [1.82, 2.24) is 0 Å². The molecule has 0 spiro atoms. The van der Waals surface area contributed by atoms with Crippen LogP contribution in [0, 0.1) is 0 Å². The Hall–Kier alpha value is -0.520. The van der Waals surface area contributed by atoms with Crippen LogP contribution < -0.4 is 0 Å². The van der Waals surface area contributed by atoms with E-state index in [0.717, 1.165) is 0 Å². The van der Waals surface area contributed by atoms with Crippen molar-refractivity contribution in [2.75, 3.05) is 0 Å². The molecule has 0 heterocycles. The van der Waals surface area contributed by atoms with Gasteiger partial charge in [-0.1, -0.05) is 53.2 Å². The predicted octanol–water partition coefficient (Wildman–Crippen LogP) is 5.85. The lowest BCUT2D eigenvalue weighted by Crippen LogP contribution is -1.43. The molecule has 0 rings (SSSR count). The van der Waals surface area contributed by atoms with E-state index in [1.165, 1.54) is 5.57 Å². The summed E-state index contributed by atoms with van der Waals surface area (Å²) in [5.74, 6) is 0. The van der Waals surface area contributed by atoms with E-state index in [1.807, 2.05) is 62.3 Å². The third-order valence-electron chi connectivity index (χ3n) is 0. The zero-order valence-electron chi connectivity index (χ0n) is 11.5. The standard InChI is InChI=1S/C4H8.C3H6.3C2H6/c1-4(2)3;1-3-2;3*1-2/h1H2,2-3H3;3H,1H2,2H3;3*1-2H3. The molecule has 0 amide bonds. The van der Waals surface area contributed by atoms with Crippen molar-refractivity contribution in [3.8, 4) is 0 Å². The molecule has 0 aromatic carbocycles. The molecule has 0 saturated carbocycles. The molecule has 0 nitrogen and oxygen atoms in total. The van der Waals surface area contributed by atoms with Crippen LogP contribution in [0.3, 0.4) is 0 Å². The van der Waals surface area contributed by atoms with Gasteiger partial charge in [0.25, 0.3) is 0 Å². The average Bonchev–Trinajstić information content (AvgIpc) is 2.14. The van der Waals surface area contributed by atoms with Crippen LogP contribution >= 0.6 is 0 Å². The normalized spacial score (nSPS) is 4.38. The maximum Gasteiger partial charge on any atom is -0.0445 e. The van der Waals surface area contributed by atoms with Crippen LogP contribution in [-0.2, 0) is 0 Å². The molecule has 13 heavy (non-hydrogen) atoms. The fourth-order valence-electron chi connectivity index (χ4n) is 0. The van der Waals surface area contributed by atoms with Crippen LogP contribution in [0.25, 0.3) is 0 Å². The summed E-state index contributed by atoms with van der Waals surface area (Å²) in [5, 5.41) is 0. The quantitative estimate of drug-likeness (QED) is 0.418. The minimum Gasteiger partial charge on any atom is -0.103 e. The highest BCUT2D eigenvalue weighted by molar-refractivity contribution is 4.78. The Bertz CT molecular complexity index is 47.1. The maximum atomic E-state index is 3.56. The van der Waals surface area contributed by atoms with Gasteiger partial charge in [-0.25, -0.2) is 0 Å². The van der Waals surface area contributed by atoms with Gasteiger partial charge < -0.3 is 0 Å². The lowest BCUT2D eigenvalue weighted by molar-refractivity contribution is 1.42. The van der Waals surface area contributed by atoms with Crippen molar-refractivity contribution in [2.24, 2.45) is 0 Å². The maximum absolute atomic E-state index is 3.56. The summed E-state index contributed by atoms with van der Waals surface area (Å²) in [5.41, 5.74) is 1.17. The van der Waals surface area contributed by atoms with Crippen LogP contribution in [-0.4, -0.2) is 0 Å². The second-order valence-corrected chi connectivity index (χ2v) is 1.62. The molecule has 0 aliphatic carbocycles. The Kier molecular flexibility index (Phi) is 235.